The maximum absolute atomic E-state index is 13.2. The number of benzene rings is 3. The Morgan fingerprint density at radius 1 is 0.839 bits per heavy atom. The highest BCUT2D eigenvalue weighted by molar-refractivity contribution is 6.33. The number of rotatable bonds is 1. The minimum absolute atomic E-state index is 0.162. The summed E-state index contributed by atoms with van der Waals surface area (Å²) in [5, 5.41) is 1.27. The predicted molar refractivity (Wildman–Crippen MR) is 121 cm³/mol. The molecule has 1 aliphatic carbocycles. The first kappa shape index (κ1) is 19.2. The second-order valence-corrected chi connectivity index (χ2v) is 7.89. The van der Waals surface area contributed by atoms with E-state index in [1.807, 2.05) is 60.7 Å². The monoisotopic (exact) mass is 421 g/mol. The van der Waals surface area contributed by atoms with Crippen molar-refractivity contribution in [3.63, 3.8) is 0 Å². The zero-order valence-corrected chi connectivity index (χ0v) is 17.2. The molecule has 0 fully saturated rings. The molecule has 0 spiro atoms. The van der Waals surface area contributed by atoms with E-state index in [1.165, 1.54) is 0 Å². The number of Topliss-reactive ketones (excluding diaryl/α,β-unsaturated/α-hetero) is 2. The van der Waals surface area contributed by atoms with Gasteiger partial charge < -0.3 is 0 Å². The molecule has 0 radical (unpaired) electrons. The summed E-state index contributed by atoms with van der Waals surface area (Å²) in [4.78, 5) is 30.7. The molecule has 1 atom stereocenters. The van der Waals surface area contributed by atoms with Crippen molar-refractivity contribution in [1.82, 2.24) is 4.98 Å². The molecule has 0 aliphatic heterocycles. The van der Waals surface area contributed by atoms with Gasteiger partial charge in [-0.2, -0.15) is 0 Å². The first-order chi connectivity index (χ1) is 15.1. The number of pyridine rings is 1. The van der Waals surface area contributed by atoms with Gasteiger partial charge in [0.25, 0.3) is 0 Å². The Morgan fingerprint density at radius 2 is 1.58 bits per heavy atom. The second-order valence-electron chi connectivity index (χ2n) is 7.48. The third kappa shape index (κ3) is 3.63. The number of aromatic nitrogens is 1. The Morgan fingerprint density at radius 3 is 2.39 bits per heavy atom. The van der Waals surface area contributed by atoms with Crippen LogP contribution in [0.3, 0.4) is 0 Å². The summed E-state index contributed by atoms with van der Waals surface area (Å²) in [6.45, 7) is 0. The number of hydrogen-bond donors (Lipinski definition) is 0. The summed E-state index contributed by atoms with van der Waals surface area (Å²) in [7, 11) is 0. The number of carbonyl (C=O) groups is 2. The minimum Gasteiger partial charge on any atom is -0.298 e. The van der Waals surface area contributed by atoms with Crippen LogP contribution in [-0.2, 0) is 11.2 Å². The van der Waals surface area contributed by atoms with E-state index in [9.17, 15) is 9.59 Å². The minimum atomic E-state index is -0.940. The normalized spacial score (nSPS) is 15.3. The molecule has 1 unspecified atom stereocenters. The van der Waals surface area contributed by atoms with Gasteiger partial charge in [0.2, 0.25) is 0 Å². The second kappa shape index (κ2) is 7.83. The summed E-state index contributed by atoms with van der Waals surface area (Å²) in [6.07, 6.45) is 0.162. The van der Waals surface area contributed by atoms with Crippen LogP contribution in [0.5, 0.6) is 0 Å². The molecule has 1 aromatic heterocycles. The largest absolute Gasteiger partial charge is 0.298 e. The van der Waals surface area contributed by atoms with Gasteiger partial charge in [-0.15, -0.1) is 0 Å². The van der Waals surface area contributed by atoms with E-state index in [-0.39, 0.29) is 18.0 Å². The fraction of sp³-hybridized carbons (Fsp3) is 0.0741. The number of para-hydroxylation sites is 1. The lowest BCUT2D eigenvalue weighted by Gasteiger charge is -2.23. The molecule has 0 N–H and O–H groups in total. The molecule has 5 rings (SSSR count). The molecule has 31 heavy (non-hydrogen) atoms. The van der Waals surface area contributed by atoms with Gasteiger partial charge in [0.1, 0.15) is 11.6 Å². The molecule has 1 aliphatic rings. The molecule has 4 heteroatoms. The van der Waals surface area contributed by atoms with Crippen molar-refractivity contribution in [3.05, 3.63) is 112 Å². The molecule has 0 saturated carbocycles. The van der Waals surface area contributed by atoms with Crippen LogP contribution in [0.1, 0.15) is 38.7 Å². The van der Waals surface area contributed by atoms with Crippen molar-refractivity contribution in [1.29, 1.82) is 0 Å². The summed E-state index contributed by atoms with van der Waals surface area (Å²) in [6, 6.07) is 24.3. The van der Waals surface area contributed by atoms with Crippen LogP contribution >= 0.6 is 11.6 Å². The average molecular weight is 422 g/mol. The third-order valence-electron chi connectivity index (χ3n) is 5.42. The van der Waals surface area contributed by atoms with Crippen molar-refractivity contribution in [2.45, 2.75) is 12.3 Å². The SMILES string of the molecule is O=C1Cc2cc3ccccc3nc2C(=O)C1c1ccc(C#Cc2ccccc2)cc1Cl. The van der Waals surface area contributed by atoms with Crippen molar-refractivity contribution < 1.29 is 9.59 Å². The first-order valence-electron chi connectivity index (χ1n) is 9.92. The van der Waals surface area contributed by atoms with Crippen LogP contribution in [0.4, 0.5) is 0 Å². The first-order valence-corrected chi connectivity index (χ1v) is 10.3. The number of ketones is 2. The van der Waals surface area contributed by atoms with Gasteiger partial charge in [0.05, 0.1) is 5.52 Å². The number of nitrogens with zero attached hydrogens (tertiary/aromatic N) is 1. The number of fused-ring (bicyclic) bond motifs is 2. The number of carbonyl (C=O) groups excluding carboxylic acids is 2. The molecule has 0 bridgehead atoms. The zero-order valence-electron chi connectivity index (χ0n) is 16.4. The van der Waals surface area contributed by atoms with Crippen LogP contribution in [-0.4, -0.2) is 16.6 Å². The fourth-order valence-electron chi connectivity index (χ4n) is 3.90. The zero-order chi connectivity index (χ0) is 21.4. The highest BCUT2D eigenvalue weighted by Gasteiger charge is 2.37. The lowest BCUT2D eigenvalue weighted by Crippen LogP contribution is -2.31. The van der Waals surface area contributed by atoms with Crippen molar-refractivity contribution >= 4 is 34.1 Å². The van der Waals surface area contributed by atoms with Gasteiger partial charge in [0, 0.05) is 28.0 Å². The molecular weight excluding hydrogens is 406 g/mol. The van der Waals surface area contributed by atoms with Crippen molar-refractivity contribution in [3.8, 4) is 11.8 Å². The Kier molecular flexibility index (Phi) is 4.86. The van der Waals surface area contributed by atoms with Gasteiger partial charge in [-0.05, 0) is 47.5 Å². The van der Waals surface area contributed by atoms with E-state index in [4.69, 9.17) is 11.6 Å². The van der Waals surface area contributed by atoms with Gasteiger partial charge >= 0.3 is 0 Å². The van der Waals surface area contributed by atoms with Gasteiger partial charge in [0.15, 0.2) is 11.6 Å². The number of hydrogen-bond acceptors (Lipinski definition) is 3. The maximum atomic E-state index is 13.2. The molecule has 0 saturated heterocycles. The van der Waals surface area contributed by atoms with Crippen LogP contribution < -0.4 is 0 Å². The lowest BCUT2D eigenvalue weighted by atomic mass is 9.80. The van der Waals surface area contributed by atoms with E-state index in [1.54, 1.807) is 18.2 Å². The highest BCUT2D eigenvalue weighted by Crippen LogP contribution is 2.34. The molecular formula is C27H16ClNO2. The Bertz CT molecular complexity index is 1410. The van der Waals surface area contributed by atoms with Crippen LogP contribution in [0.2, 0.25) is 5.02 Å². The van der Waals surface area contributed by atoms with Gasteiger partial charge in [-0.1, -0.05) is 65.9 Å². The summed E-state index contributed by atoms with van der Waals surface area (Å²) >= 11 is 6.50. The van der Waals surface area contributed by atoms with Crippen LogP contribution in [0.25, 0.3) is 10.9 Å². The van der Waals surface area contributed by atoms with Gasteiger partial charge in [-0.3, -0.25) is 9.59 Å². The molecule has 1 heterocycles. The smallest absolute Gasteiger partial charge is 0.196 e. The molecule has 148 valence electrons. The predicted octanol–water partition coefficient (Wildman–Crippen LogP) is 5.38. The Labute approximate surface area is 184 Å². The standard InChI is InChI=1S/C27H16ClNO2/c28-22-14-18(11-10-17-6-2-1-3-7-17)12-13-21(22)25-24(30)16-20-15-19-8-4-5-9-23(19)29-26(20)27(25)31/h1-9,12-15,25H,16H2. The van der Waals surface area contributed by atoms with Crippen molar-refractivity contribution in [2.24, 2.45) is 0 Å². The fourth-order valence-corrected chi connectivity index (χ4v) is 4.19. The molecule has 0 amide bonds. The topological polar surface area (TPSA) is 47.0 Å². The summed E-state index contributed by atoms with van der Waals surface area (Å²) < 4.78 is 0. The maximum Gasteiger partial charge on any atom is 0.196 e. The number of halogens is 1. The molecule has 3 aromatic carbocycles. The van der Waals surface area contributed by atoms with E-state index in [0.29, 0.717) is 21.8 Å². The highest BCUT2D eigenvalue weighted by atomic mass is 35.5. The van der Waals surface area contributed by atoms with E-state index in [2.05, 4.69) is 16.8 Å². The van der Waals surface area contributed by atoms with Crippen LogP contribution in [0.15, 0.2) is 78.9 Å². The van der Waals surface area contributed by atoms with E-state index in [0.717, 1.165) is 22.0 Å². The molecule has 3 nitrogen and oxygen atoms in total. The van der Waals surface area contributed by atoms with E-state index < -0.39 is 5.92 Å². The summed E-state index contributed by atoms with van der Waals surface area (Å²) in [5.74, 6) is 4.74. The third-order valence-corrected chi connectivity index (χ3v) is 5.75. The lowest BCUT2D eigenvalue weighted by molar-refractivity contribution is -0.119. The van der Waals surface area contributed by atoms with Crippen LogP contribution in [0, 0.1) is 11.8 Å². The summed E-state index contributed by atoms with van der Waals surface area (Å²) in [5.41, 5.74) is 3.88. The Balaban J connectivity index is 1.50. The van der Waals surface area contributed by atoms with Gasteiger partial charge in [-0.25, -0.2) is 4.98 Å². The van der Waals surface area contributed by atoms with E-state index >= 15 is 0 Å². The quantitative estimate of drug-likeness (QED) is 0.306. The average Bonchev–Trinajstić information content (AvgIpc) is 2.78. The van der Waals surface area contributed by atoms with Crippen molar-refractivity contribution in [2.75, 3.05) is 0 Å². The molecule has 4 aromatic rings. The Hall–Kier alpha value is -3.74.